The van der Waals surface area contributed by atoms with Crippen molar-refractivity contribution >= 4 is 10.9 Å². The van der Waals surface area contributed by atoms with Crippen LogP contribution in [0.25, 0.3) is 10.9 Å². The van der Waals surface area contributed by atoms with Crippen LogP contribution in [0.4, 0.5) is 0 Å². The standard InChI is InChI=1S/C28H23N3O4/c1-16-7-3-4-8-18(16)15-34-22-12-11-17(13-23(22)33-2)24-20(14-29)27(30)35-26-19-9-5-6-10-21(19)31-28(32)25(24)26/h3-13,24H,15,30H2,1-2H3,(H,31,32). The molecule has 3 N–H and O–H groups in total. The van der Waals surface area contributed by atoms with E-state index in [0.29, 0.717) is 45.9 Å². The molecule has 0 bridgehead atoms. The molecule has 2 heterocycles. The normalized spacial score (nSPS) is 14.7. The van der Waals surface area contributed by atoms with Gasteiger partial charge in [-0.15, -0.1) is 0 Å². The number of nitrogens with two attached hydrogens (primary N) is 1. The zero-order chi connectivity index (χ0) is 24.5. The van der Waals surface area contributed by atoms with Crippen LogP contribution < -0.4 is 25.5 Å². The van der Waals surface area contributed by atoms with Crippen LogP contribution in [0.5, 0.6) is 17.2 Å². The Balaban J connectivity index is 1.60. The average Bonchev–Trinajstić information content (AvgIpc) is 2.87. The minimum Gasteiger partial charge on any atom is -0.493 e. The number of fused-ring (bicyclic) bond motifs is 3. The van der Waals surface area contributed by atoms with Crippen LogP contribution in [-0.4, -0.2) is 12.1 Å². The molecule has 0 saturated heterocycles. The highest BCUT2D eigenvalue weighted by molar-refractivity contribution is 5.87. The van der Waals surface area contributed by atoms with Crippen molar-refractivity contribution in [2.24, 2.45) is 5.73 Å². The van der Waals surface area contributed by atoms with Crippen LogP contribution in [0.15, 0.2) is 83.0 Å². The van der Waals surface area contributed by atoms with Gasteiger partial charge in [-0.3, -0.25) is 4.79 Å². The Hall–Kier alpha value is -4.70. The molecule has 7 nitrogen and oxygen atoms in total. The fraction of sp³-hybridized carbons (Fsp3) is 0.143. The molecular formula is C28H23N3O4. The Kier molecular flexibility index (Phi) is 5.63. The molecule has 0 aliphatic carbocycles. The summed E-state index contributed by atoms with van der Waals surface area (Å²) in [6.45, 7) is 2.41. The number of nitrogens with one attached hydrogen (secondary N) is 1. The summed E-state index contributed by atoms with van der Waals surface area (Å²) in [5.74, 6) is 0.632. The number of aromatic nitrogens is 1. The largest absolute Gasteiger partial charge is 0.493 e. The van der Waals surface area contributed by atoms with E-state index in [2.05, 4.69) is 11.1 Å². The second-order valence-corrected chi connectivity index (χ2v) is 8.29. The monoisotopic (exact) mass is 465 g/mol. The molecule has 1 unspecified atom stereocenters. The van der Waals surface area contributed by atoms with Crippen LogP contribution in [-0.2, 0) is 6.61 Å². The van der Waals surface area contributed by atoms with Crippen molar-refractivity contribution in [3.8, 4) is 23.3 Å². The molecule has 1 aliphatic rings. The molecule has 35 heavy (non-hydrogen) atoms. The molecule has 1 atom stereocenters. The van der Waals surface area contributed by atoms with Gasteiger partial charge >= 0.3 is 0 Å². The predicted octanol–water partition coefficient (Wildman–Crippen LogP) is 4.64. The maximum Gasteiger partial charge on any atom is 0.256 e. The molecule has 5 rings (SSSR count). The zero-order valence-corrected chi connectivity index (χ0v) is 19.3. The zero-order valence-electron chi connectivity index (χ0n) is 19.3. The number of aryl methyl sites for hydroxylation is 1. The SMILES string of the molecule is COc1cc(C2C(C#N)=C(N)Oc3c2c(=O)[nH]c2ccccc32)ccc1OCc1ccccc1C. The van der Waals surface area contributed by atoms with Gasteiger partial charge in [-0.25, -0.2) is 0 Å². The van der Waals surface area contributed by atoms with Crippen LogP contribution in [0, 0.1) is 18.3 Å². The van der Waals surface area contributed by atoms with E-state index in [1.54, 1.807) is 25.3 Å². The molecule has 0 amide bonds. The van der Waals surface area contributed by atoms with Gasteiger partial charge in [0.1, 0.15) is 24.0 Å². The Labute approximate surface area is 202 Å². The van der Waals surface area contributed by atoms with Gasteiger partial charge in [0, 0.05) is 5.39 Å². The third-order valence-electron chi connectivity index (χ3n) is 6.25. The molecule has 0 radical (unpaired) electrons. The second-order valence-electron chi connectivity index (χ2n) is 8.29. The molecule has 0 saturated carbocycles. The first-order valence-corrected chi connectivity index (χ1v) is 11.1. The Morgan fingerprint density at radius 2 is 1.86 bits per heavy atom. The first-order chi connectivity index (χ1) is 17.0. The summed E-state index contributed by atoms with van der Waals surface area (Å²) in [7, 11) is 1.55. The summed E-state index contributed by atoms with van der Waals surface area (Å²) in [4.78, 5) is 16.1. The molecular weight excluding hydrogens is 442 g/mol. The Morgan fingerprint density at radius 3 is 2.63 bits per heavy atom. The number of nitriles is 1. The highest BCUT2D eigenvalue weighted by atomic mass is 16.5. The van der Waals surface area contributed by atoms with E-state index >= 15 is 0 Å². The molecule has 174 valence electrons. The topological polar surface area (TPSA) is 110 Å². The summed E-state index contributed by atoms with van der Waals surface area (Å²) < 4.78 is 17.5. The van der Waals surface area contributed by atoms with Crippen LogP contribution >= 0.6 is 0 Å². The number of benzene rings is 3. The van der Waals surface area contributed by atoms with E-state index in [1.807, 2.05) is 55.5 Å². The first kappa shape index (κ1) is 22.1. The number of allylic oxidation sites excluding steroid dienone is 1. The number of rotatable bonds is 5. The number of hydrogen-bond acceptors (Lipinski definition) is 6. The lowest BCUT2D eigenvalue weighted by atomic mass is 9.83. The first-order valence-electron chi connectivity index (χ1n) is 11.1. The lowest BCUT2D eigenvalue weighted by molar-refractivity contribution is 0.283. The molecule has 0 spiro atoms. The van der Waals surface area contributed by atoms with E-state index < -0.39 is 5.92 Å². The fourth-order valence-electron chi connectivity index (χ4n) is 4.42. The highest BCUT2D eigenvalue weighted by Gasteiger charge is 2.35. The maximum atomic E-state index is 13.2. The quantitative estimate of drug-likeness (QED) is 0.444. The molecule has 0 fully saturated rings. The molecule has 1 aromatic heterocycles. The summed E-state index contributed by atoms with van der Waals surface area (Å²) in [6.07, 6.45) is 0. The van der Waals surface area contributed by atoms with Crippen molar-refractivity contribution in [3.05, 3.63) is 111 Å². The maximum absolute atomic E-state index is 13.2. The van der Waals surface area contributed by atoms with Gasteiger partial charge in [0.2, 0.25) is 5.88 Å². The van der Waals surface area contributed by atoms with Crippen LogP contribution in [0.3, 0.4) is 0 Å². The summed E-state index contributed by atoms with van der Waals surface area (Å²) in [5.41, 5.74) is 9.79. The third-order valence-corrected chi connectivity index (χ3v) is 6.25. The number of nitrogens with zero attached hydrogens (tertiary/aromatic N) is 1. The molecule has 3 aromatic carbocycles. The minimum atomic E-state index is -0.726. The van der Waals surface area contributed by atoms with E-state index in [-0.39, 0.29) is 17.0 Å². The Morgan fingerprint density at radius 1 is 1.09 bits per heavy atom. The number of H-pyrrole nitrogens is 1. The molecule has 4 aromatic rings. The number of hydrogen-bond donors (Lipinski definition) is 2. The van der Waals surface area contributed by atoms with E-state index in [9.17, 15) is 10.1 Å². The van der Waals surface area contributed by atoms with Gasteiger partial charge in [-0.1, -0.05) is 42.5 Å². The van der Waals surface area contributed by atoms with Gasteiger partial charge in [-0.2, -0.15) is 5.26 Å². The van der Waals surface area contributed by atoms with E-state index in [0.717, 1.165) is 11.1 Å². The summed E-state index contributed by atoms with van der Waals surface area (Å²) in [6, 6.07) is 22.8. The number of aromatic amines is 1. The smallest absolute Gasteiger partial charge is 0.256 e. The van der Waals surface area contributed by atoms with Crippen molar-refractivity contribution in [1.29, 1.82) is 5.26 Å². The van der Waals surface area contributed by atoms with Crippen LogP contribution in [0.2, 0.25) is 0 Å². The number of methoxy groups -OCH3 is 1. The highest BCUT2D eigenvalue weighted by Crippen LogP contribution is 2.44. The van der Waals surface area contributed by atoms with Gasteiger partial charge in [0.15, 0.2) is 11.5 Å². The van der Waals surface area contributed by atoms with Crippen molar-refractivity contribution < 1.29 is 14.2 Å². The summed E-state index contributed by atoms with van der Waals surface area (Å²) in [5, 5.41) is 10.6. The van der Waals surface area contributed by atoms with Gasteiger partial charge in [0.25, 0.3) is 5.56 Å². The van der Waals surface area contributed by atoms with Crippen molar-refractivity contribution in [3.63, 3.8) is 0 Å². The van der Waals surface area contributed by atoms with Crippen LogP contribution in [0.1, 0.15) is 28.2 Å². The van der Waals surface area contributed by atoms with E-state index in [4.69, 9.17) is 19.9 Å². The molecule has 7 heteroatoms. The lowest BCUT2D eigenvalue weighted by Gasteiger charge is -2.27. The number of pyridine rings is 1. The average molecular weight is 466 g/mol. The molecule has 1 aliphatic heterocycles. The number of ether oxygens (including phenoxy) is 3. The minimum absolute atomic E-state index is 0.0281. The fourth-order valence-corrected chi connectivity index (χ4v) is 4.42. The Bertz CT molecular complexity index is 1580. The lowest BCUT2D eigenvalue weighted by Crippen LogP contribution is -2.27. The van der Waals surface area contributed by atoms with Gasteiger partial charge in [-0.05, 0) is 47.9 Å². The predicted molar refractivity (Wildman–Crippen MR) is 132 cm³/mol. The number of para-hydroxylation sites is 1. The van der Waals surface area contributed by atoms with E-state index in [1.165, 1.54) is 0 Å². The van der Waals surface area contributed by atoms with Crippen molar-refractivity contribution in [1.82, 2.24) is 4.98 Å². The van der Waals surface area contributed by atoms with Gasteiger partial charge < -0.3 is 24.9 Å². The second kappa shape index (κ2) is 8.92. The van der Waals surface area contributed by atoms with Crippen molar-refractivity contribution in [2.45, 2.75) is 19.4 Å². The van der Waals surface area contributed by atoms with Gasteiger partial charge in [0.05, 0.1) is 24.1 Å². The third kappa shape index (κ3) is 3.85. The summed E-state index contributed by atoms with van der Waals surface area (Å²) >= 11 is 0. The van der Waals surface area contributed by atoms with Crippen molar-refractivity contribution in [2.75, 3.05) is 7.11 Å².